The molecule has 0 spiro atoms. The van der Waals surface area contributed by atoms with E-state index in [1.807, 2.05) is 12.3 Å². The number of nitrogens with zero attached hydrogens (tertiary/aromatic N) is 3. The number of aromatic nitrogens is 3. The Bertz CT molecular complexity index is 821. The van der Waals surface area contributed by atoms with Gasteiger partial charge in [-0.15, -0.1) is 0 Å². The van der Waals surface area contributed by atoms with Crippen LogP contribution in [-0.2, 0) is 6.54 Å². The van der Waals surface area contributed by atoms with Crippen LogP contribution in [0.25, 0.3) is 11.3 Å². The molecular formula is C20H24N4O. The van der Waals surface area contributed by atoms with Crippen molar-refractivity contribution in [3.05, 3.63) is 59.6 Å². The van der Waals surface area contributed by atoms with Gasteiger partial charge in [0, 0.05) is 18.2 Å². The lowest BCUT2D eigenvalue weighted by Crippen LogP contribution is -2.22. The molecule has 130 valence electrons. The summed E-state index contributed by atoms with van der Waals surface area (Å²) in [7, 11) is 0. The maximum absolute atomic E-state index is 5.66. The first-order valence-electron chi connectivity index (χ1n) is 9.00. The van der Waals surface area contributed by atoms with Gasteiger partial charge in [0.25, 0.3) is 0 Å². The molecule has 3 aromatic rings. The van der Waals surface area contributed by atoms with E-state index < -0.39 is 0 Å². The van der Waals surface area contributed by atoms with Gasteiger partial charge in [0.05, 0.1) is 23.6 Å². The standard InChI is InChI=1S/C20H24N4O/c1-14(2)17-11-19(25-23-17)18-9-6-10-24(18)13-16-12-21-22-20(16)15-7-4-3-5-8-15/h3-5,7-8,11-12,14,18H,6,9-10,13H2,1-2H3,(H,21,22)/t18-/m0/s1. The fraction of sp³-hybridized carbons (Fsp3) is 0.400. The summed E-state index contributed by atoms with van der Waals surface area (Å²) in [6.45, 7) is 6.22. The lowest BCUT2D eigenvalue weighted by molar-refractivity contribution is 0.206. The molecule has 2 aromatic heterocycles. The van der Waals surface area contributed by atoms with Gasteiger partial charge < -0.3 is 4.52 Å². The van der Waals surface area contributed by atoms with Gasteiger partial charge in [0.15, 0.2) is 5.76 Å². The summed E-state index contributed by atoms with van der Waals surface area (Å²) in [4.78, 5) is 2.47. The van der Waals surface area contributed by atoms with Crippen molar-refractivity contribution in [3.63, 3.8) is 0 Å². The Morgan fingerprint density at radius 2 is 2.12 bits per heavy atom. The highest BCUT2D eigenvalue weighted by atomic mass is 16.5. The van der Waals surface area contributed by atoms with E-state index in [1.54, 1.807) is 0 Å². The fourth-order valence-corrected chi connectivity index (χ4v) is 3.58. The van der Waals surface area contributed by atoms with Gasteiger partial charge in [0.1, 0.15) is 0 Å². The summed E-state index contributed by atoms with van der Waals surface area (Å²) in [5.41, 5.74) is 4.54. The topological polar surface area (TPSA) is 58.0 Å². The molecule has 1 aromatic carbocycles. The van der Waals surface area contributed by atoms with Gasteiger partial charge >= 0.3 is 0 Å². The quantitative estimate of drug-likeness (QED) is 0.744. The Labute approximate surface area is 148 Å². The first-order valence-corrected chi connectivity index (χ1v) is 9.00. The van der Waals surface area contributed by atoms with Gasteiger partial charge in [-0.3, -0.25) is 10.00 Å². The Morgan fingerprint density at radius 3 is 2.88 bits per heavy atom. The lowest BCUT2D eigenvalue weighted by atomic mass is 10.1. The highest BCUT2D eigenvalue weighted by Crippen LogP contribution is 2.35. The molecule has 1 aliphatic rings. The summed E-state index contributed by atoms with van der Waals surface area (Å²) in [5, 5.41) is 11.7. The van der Waals surface area contributed by atoms with E-state index in [4.69, 9.17) is 4.52 Å². The highest BCUT2D eigenvalue weighted by Gasteiger charge is 2.30. The minimum absolute atomic E-state index is 0.304. The molecule has 4 rings (SSSR count). The molecule has 0 unspecified atom stereocenters. The predicted molar refractivity (Wildman–Crippen MR) is 97.0 cm³/mol. The Balaban J connectivity index is 1.55. The molecule has 1 fully saturated rings. The first kappa shape index (κ1) is 16.1. The monoisotopic (exact) mass is 336 g/mol. The van der Waals surface area contributed by atoms with Crippen molar-refractivity contribution in [2.45, 2.75) is 45.2 Å². The molecule has 0 saturated carbocycles. The van der Waals surface area contributed by atoms with Gasteiger partial charge in [0.2, 0.25) is 0 Å². The number of H-pyrrole nitrogens is 1. The van der Waals surface area contributed by atoms with Gasteiger partial charge in [-0.25, -0.2) is 0 Å². The van der Waals surface area contributed by atoms with Gasteiger partial charge in [-0.05, 0) is 30.9 Å². The third-order valence-electron chi connectivity index (χ3n) is 4.98. The van der Waals surface area contributed by atoms with Gasteiger partial charge in [-0.1, -0.05) is 49.3 Å². The number of rotatable bonds is 5. The van der Waals surface area contributed by atoms with Crippen LogP contribution >= 0.6 is 0 Å². The van der Waals surface area contributed by atoms with E-state index in [2.05, 4.69) is 64.4 Å². The van der Waals surface area contributed by atoms with E-state index in [0.717, 1.165) is 36.7 Å². The third kappa shape index (κ3) is 3.24. The Kier molecular flexibility index (Phi) is 4.40. The summed E-state index contributed by atoms with van der Waals surface area (Å²) < 4.78 is 5.66. The zero-order valence-electron chi connectivity index (χ0n) is 14.8. The molecule has 0 radical (unpaired) electrons. The minimum atomic E-state index is 0.304. The molecule has 0 amide bonds. The van der Waals surface area contributed by atoms with Crippen molar-refractivity contribution < 1.29 is 4.52 Å². The number of hydrogen-bond acceptors (Lipinski definition) is 4. The summed E-state index contributed by atoms with van der Waals surface area (Å²) in [6.07, 6.45) is 4.24. The first-order chi connectivity index (χ1) is 12.2. The van der Waals surface area contributed by atoms with Crippen molar-refractivity contribution in [1.82, 2.24) is 20.3 Å². The van der Waals surface area contributed by atoms with Crippen LogP contribution in [0.5, 0.6) is 0 Å². The second-order valence-electron chi connectivity index (χ2n) is 7.07. The van der Waals surface area contributed by atoms with Crippen LogP contribution < -0.4 is 0 Å². The molecule has 1 aliphatic heterocycles. The van der Waals surface area contributed by atoms with E-state index in [0.29, 0.717) is 12.0 Å². The molecule has 5 heteroatoms. The molecule has 1 N–H and O–H groups in total. The van der Waals surface area contributed by atoms with E-state index in [1.165, 1.54) is 17.5 Å². The van der Waals surface area contributed by atoms with Crippen LogP contribution in [-0.4, -0.2) is 26.8 Å². The predicted octanol–water partition coefficient (Wildman–Crippen LogP) is 4.53. The largest absolute Gasteiger partial charge is 0.359 e. The summed E-state index contributed by atoms with van der Waals surface area (Å²) in [6, 6.07) is 12.8. The normalized spacial score (nSPS) is 18.3. The van der Waals surface area contributed by atoms with Crippen molar-refractivity contribution in [2.24, 2.45) is 0 Å². The maximum Gasteiger partial charge on any atom is 0.154 e. The Morgan fingerprint density at radius 1 is 1.28 bits per heavy atom. The molecular weight excluding hydrogens is 312 g/mol. The molecule has 25 heavy (non-hydrogen) atoms. The fourth-order valence-electron chi connectivity index (χ4n) is 3.58. The zero-order valence-corrected chi connectivity index (χ0v) is 14.8. The maximum atomic E-state index is 5.66. The second kappa shape index (κ2) is 6.84. The van der Waals surface area contributed by atoms with Gasteiger partial charge in [-0.2, -0.15) is 5.10 Å². The number of likely N-dealkylation sites (tertiary alicyclic amines) is 1. The van der Waals surface area contributed by atoms with Crippen LogP contribution in [0.15, 0.2) is 47.1 Å². The molecule has 1 atom stereocenters. The molecule has 5 nitrogen and oxygen atoms in total. The van der Waals surface area contributed by atoms with Crippen LogP contribution in [0.1, 0.15) is 55.7 Å². The van der Waals surface area contributed by atoms with Crippen molar-refractivity contribution in [2.75, 3.05) is 6.54 Å². The molecule has 3 heterocycles. The zero-order chi connectivity index (χ0) is 17.2. The number of nitrogens with one attached hydrogen (secondary N) is 1. The smallest absolute Gasteiger partial charge is 0.154 e. The van der Waals surface area contributed by atoms with Crippen LogP contribution in [0.4, 0.5) is 0 Å². The second-order valence-corrected chi connectivity index (χ2v) is 7.07. The van der Waals surface area contributed by atoms with Crippen molar-refractivity contribution in [1.29, 1.82) is 0 Å². The lowest BCUT2D eigenvalue weighted by Gasteiger charge is -2.22. The summed E-state index contributed by atoms with van der Waals surface area (Å²) in [5.74, 6) is 1.39. The summed E-state index contributed by atoms with van der Waals surface area (Å²) >= 11 is 0. The molecule has 0 aliphatic carbocycles. The number of benzene rings is 1. The van der Waals surface area contributed by atoms with Crippen LogP contribution in [0, 0.1) is 0 Å². The number of hydrogen-bond donors (Lipinski definition) is 1. The van der Waals surface area contributed by atoms with Crippen molar-refractivity contribution >= 4 is 0 Å². The minimum Gasteiger partial charge on any atom is -0.359 e. The van der Waals surface area contributed by atoms with E-state index >= 15 is 0 Å². The highest BCUT2D eigenvalue weighted by molar-refractivity contribution is 5.62. The third-order valence-corrected chi connectivity index (χ3v) is 4.98. The average Bonchev–Trinajstić information content (AvgIpc) is 3.36. The van der Waals surface area contributed by atoms with E-state index in [-0.39, 0.29) is 0 Å². The van der Waals surface area contributed by atoms with Crippen molar-refractivity contribution in [3.8, 4) is 11.3 Å². The molecule has 0 bridgehead atoms. The SMILES string of the molecule is CC(C)c1cc([C@@H]2CCCN2Cc2cn[nH]c2-c2ccccc2)on1. The Hall–Kier alpha value is -2.40. The average molecular weight is 336 g/mol. The number of aromatic amines is 1. The molecule has 1 saturated heterocycles. The van der Waals surface area contributed by atoms with Crippen LogP contribution in [0.3, 0.4) is 0 Å². The van der Waals surface area contributed by atoms with E-state index in [9.17, 15) is 0 Å². The van der Waals surface area contributed by atoms with Crippen LogP contribution in [0.2, 0.25) is 0 Å².